The van der Waals surface area contributed by atoms with Gasteiger partial charge < -0.3 is 5.11 Å². The van der Waals surface area contributed by atoms with Crippen molar-refractivity contribution in [3.05, 3.63) is 58.9 Å². The highest BCUT2D eigenvalue weighted by molar-refractivity contribution is 8.00. The van der Waals surface area contributed by atoms with Gasteiger partial charge in [0.1, 0.15) is 5.69 Å². The minimum atomic E-state index is -0.858. The third kappa shape index (κ3) is 4.28. The number of hydrogen-bond acceptors (Lipinski definition) is 3. The predicted molar refractivity (Wildman–Crippen MR) is 106 cm³/mol. The van der Waals surface area contributed by atoms with Crippen molar-refractivity contribution < 1.29 is 9.90 Å². The highest BCUT2D eigenvalue weighted by Crippen LogP contribution is 2.50. The van der Waals surface area contributed by atoms with E-state index in [9.17, 15) is 4.79 Å². The zero-order valence-electron chi connectivity index (χ0n) is 15.6. The fourth-order valence-electron chi connectivity index (χ4n) is 3.63. The Morgan fingerprint density at radius 2 is 1.96 bits per heavy atom. The molecular weight excluding hydrogens is 342 g/mol. The van der Waals surface area contributed by atoms with Crippen molar-refractivity contribution >= 4 is 17.7 Å². The van der Waals surface area contributed by atoms with Crippen LogP contribution in [0.3, 0.4) is 0 Å². The number of carboxylic acid groups (broad SMARTS) is 1. The van der Waals surface area contributed by atoms with Crippen LogP contribution in [0.25, 0.3) is 0 Å². The Balaban J connectivity index is 1.85. The quantitative estimate of drug-likeness (QED) is 0.787. The predicted octanol–water partition coefficient (Wildman–Crippen LogP) is 4.66. The number of aromatic nitrogens is 1. The molecule has 2 heterocycles. The van der Waals surface area contributed by atoms with Crippen LogP contribution in [0.15, 0.2) is 41.4 Å². The van der Waals surface area contributed by atoms with E-state index >= 15 is 0 Å². The molecule has 1 N–H and O–H groups in total. The summed E-state index contributed by atoms with van der Waals surface area (Å²) in [5.74, 6) is 5.41. The van der Waals surface area contributed by atoms with Crippen molar-refractivity contribution in [3.63, 3.8) is 0 Å². The summed E-state index contributed by atoms with van der Waals surface area (Å²) in [5.41, 5.74) is 3.79. The molecule has 0 amide bonds. The Labute approximate surface area is 159 Å². The van der Waals surface area contributed by atoms with Crippen molar-refractivity contribution in [2.75, 3.05) is 0 Å². The number of benzene rings is 1. The van der Waals surface area contributed by atoms with Gasteiger partial charge in [-0.15, -0.1) is 11.8 Å². The maximum atomic E-state index is 10.7. The topological polar surface area (TPSA) is 50.2 Å². The summed E-state index contributed by atoms with van der Waals surface area (Å²) < 4.78 is 0.241. The van der Waals surface area contributed by atoms with Crippen LogP contribution in [0.5, 0.6) is 0 Å². The van der Waals surface area contributed by atoms with E-state index < -0.39 is 5.97 Å². The van der Waals surface area contributed by atoms with E-state index in [1.54, 1.807) is 18.3 Å². The van der Waals surface area contributed by atoms with E-state index in [2.05, 4.69) is 62.7 Å². The monoisotopic (exact) mass is 365 g/mol. The van der Waals surface area contributed by atoms with Crippen molar-refractivity contribution in [2.24, 2.45) is 0 Å². The van der Waals surface area contributed by atoms with E-state index in [4.69, 9.17) is 5.11 Å². The van der Waals surface area contributed by atoms with E-state index in [1.807, 2.05) is 11.8 Å². The first-order chi connectivity index (χ1) is 12.1. The number of thioether (sulfide) groups is 1. The maximum Gasteiger partial charge on any atom is 0.307 e. The zero-order chi connectivity index (χ0) is 18.9. The summed E-state index contributed by atoms with van der Waals surface area (Å²) in [6.07, 6.45) is 2.68. The zero-order valence-corrected chi connectivity index (χ0v) is 16.4. The van der Waals surface area contributed by atoms with Crippen LogP contribution in [-0.2, 0) is 16.6 Å². The molecule has 3 nitrogen and oxygen atoms in total. The first kappa shape index (κ1) is 18.5. The number of nitrogens with zero attached hydrogens (tertiary/aromatic N) is 1. The number of carboxylic acids is 1. The Hall–Kier alpha value is -2.25. The second-order valence-electron chi connectivity index (χ2n) is 8.01. The molecule has 0 atom stereocenters. The Morgan fingerprint density at radius 1 is 1.19 bits per heavy atom. The first-order valence-electron chi connectivity index (χ1n) is 8.67. The fourth-order valence-corrected chi connectivity index (χ4v) is 5.24. The smallest absolute Gasteiger partial charge is 0.307 e. The van der Waals surface area contributed by atoms with Gasteiger partial charge in [-0.3, -0.25) is 4.79 Å². The molecule has 1 aromatic heterocycles. The van der Waals surface area contributed by atoms with E-state index in [1.165, 1.54) is 10.5 Å². The van der Waals surface area contributed by atoms with Gasteiger partial charge in [-0.2, -0.15) is 0 Å². The van der Waals surface area contributed by atoms with Crippen molar-refractivity contribution in [1.29, 1.82) is 0 Å². The first-order valence-corrected chi connectivity index (χ1v) is 9.49. The molecule has 2 aromatic rings. The number of hydrogen-bond donors (Lipinski definition) is 1. The number of pyridine rings is 1. The lowest BCUT2D eigenvalue weighted by molar-refractivity contribution is -0.136. The van der Waals surface area contributed by atoms with Gasteiger partial charge in [0.25, 0.3) is 0 Å². The summed E-state index contributed by atoms with van der Waals surface area (Å²) in [4.78, 5) is 16.3. The van der Waals surface area contributed by atoms with Gasteiger partial charge in [-0.25, -0.2) is 4.98 Å². The molecule has 0 radical (unpaired) electrons. The largest absolute Gasteiger partial charge is 0.481 e. The van der Waals surface area contributed by atoms with Gasteiger partial charge in [-0.1, -0.05) is 39.7 Å². The number of aliphatic carboxylic acids is 1. The third-order valence-electron chi connectivity index (χ3n) is 4.48. The van der Waals surface area contributed by atoms with Crippen molar-refractivity contribution in [2.45, 2.75) is 55.6 Å². The molecule has 134 valence electrons. The minimum absolute atomic E-state index is 0.0192. The summed E-state index contributed by atoms with van der Waals surface area (Å²) in [5, 5.41) is 8.80. The molecule has 0 fully saturated rings. The Morgan fingerprint density at radius 3 is 2.62 bits per heavy atom. The van der Waals surface area contributed by atoms with Gasteiger partial charge in [-0.05, 0) is 53.1 Å². The Bertz CT molecular complexity index is 902. The van der Waals surface area contributed by atoms with Crippen LogP contribution in [-0.4, -0.2) is 20.8 Å². The fraction of sp³-hybridized carbons (Fsp3) is 0.364. The molecule has 0 saturated carbocycles. The highest BCUT2D eigenvalue weighted by Gasteiger charge is 2.37. The van der Waals surface area contributed by atoms with E-state index in [-0.39, 0.29) is 16.6 Å². The Kier molecular flexibility index (Phi) is 4.86. The molecular formula is C22H23NO2S. The van der Waals surface area contributed by atoms with Gasteiger partial charge in [0, 0.05) is 21.4 Å². The number of rotatable bonds is 2. The second kappa shape index (κ2) is 6.81. The highest BCUT2D eigenvalue weighted by atomic mass is 32.2. The van der Waals surface area contributed by atoms with Gasteiger partial charge in [0.05, 0.1) is 6.42 Å². The van der Waals surface area contributed by atoms with Crippen LogP contribution in [0.1, 0.15) is 56.5 Å². The lowest BCUT2D eigenvalue weighted by Gasteiger charge is -2.41. The molecule has 0 unspecified atom stereocenters. The molecule has 0 spiro atoms. The third-order valence-corrected chi connectivity index (χ3v) is 5.75. The van der Waals surface area contributed by atoms with Crippen LogP contribution in [0, 0.1) is 11.8 Å². The van der Waals surface area contributed by atoms with Gasteiger partial charge in [0.2, 0.25) is 0 Å². The van der Waals surface area contributed by atoms with Crippen LogP contribution < -0.4 is 0 Å². The number of fused-ring (bicyclic) bond motifs is 1. The summed E-state index contributed by atoms with van der Waals surface area (Å²) in [6.45, 7) is 9.20. The van der Waals surface area contributed by atoms with Crippen molar-refractivity contribution in [1.82, 2.24) is 4.98 Å². The lowest BCUT2D eigenvalue weighted by atomic mass is 9.76. The molecule has 0 saturated heterocycles. The van der Waals surface area contributed by atoms with Gasteiger partial charge in [0.15, 0.2) is 0 Å². The molecule has 3 rings (SSSR count). The average molecular weight is 365 g/mol. The van der Waals surface area contributed by atoms with Crippen molar-refractivity contribution in [3.8, 4) is 11.8 Å². The molecule has 1 aliphatic rings. The average Bonchev–Trinajstić information content (AvgIpc) is 2.52. The molecule has 26 heavy (non-hydrogen) atoms. The van der Waals surface area contributed by atoms with Crippen LogP contribution in [0.4, 0.5) is 0 Å². The maximum absolute atomic E-state index is 10.7. The molecule has 1 aromatic carbocycles. The minimum Gasteiger partial charge on any atom is -0.481 e. The summed E-state index contributed by atoms with van der Waals surface area (Å²) in [6, 6.07) is 9.97. The normalized spacial score (nSPS) is 16.9. The standard InChI is InChI=1S/C22H23NO2S/c1-21(2)14-22(3,4)26-19-10-7-15(11-18(19)21)5-8-17-9-6-16(13-23-17)12-20(24)25/h6-7,9-11,13H,12,14H2,1-4H3,(H,24,25). The van der Waals surface area contributed by atoms with E-state index in [0.29, 0.717) is 11.3 Å². The summed E-state index contributed by atoms with van der Waals surface area (Å²) >= 11 is 1.94. The van der Waals surface area contributed by atoms with Crippen LogP contribution in [0.2, 0.25) is 0 Å². The summed E-state index contributed by atoms with van der Waals surface area (Å²) in [7, 11) is 0. The van der Waals surface area contributed by atoms with Gasteiger partial charge >= 0.3 is 5.97 Å². The molecule has 0 bridgehead atoms. The van der Waals surface area contributed by atoms with Crippen LogP contribution >= 0.6 is 11.8 Å². The molecule has 4 heteroatoms. The van der Waals surface area contributed by atoms with E-state index in [0.717, 1.165) is 12.0 Å². The second-order valence-corrected chi connectivity index (χ2v) is 9.75. The molecule has 0 aliphatic carbocycles. The SMILES string of the molecule is CC1(C)CC(C)(C)c2cc(C#Cc3ccc(CC(=O)O)cn3)ccc2S1. The molecule has 1 aliphatic heterocycles. The number of carbonyl (C=O) groups is 1. The lowest BCUT2D eigenvalue weighted by Crippen LogP contribution is -2.33.